The molecule has 94 valence electrons. The van der Waals surface area contributed by atoms with Crippen molar-refractivity contribution in [3.05, 3.63) is 10.6 Å². The highest BCUT2D eigenvalue weighted by molar-refractivity contribution is 7.17. The molecule has 5 nitrogen and oxygen atoms in total. The van der Waals surface area contributed by atoms with Crippen molar-refractivity contribution in [1.82, 2.24) is 9.88 Å². The number of carbonyl (C=O) groups excluding carboxylic acids is 1. The maximum Gasteiger partial charge on any atom is 0.265 e. The van der Waals surface area contributed by atoms with Gasteiger partial charge in [0.2, 0.25) is 0 Å². The number of thiazole rings is 1. The first kappa shape index (κ1) is 12.3. The number of nitrogens with two attached hydrogens (primary N) is 1. The highest BCUT2D eigenvalue weighted by Crippen LogP contribution is 2.26. The Labute approximate surface area is 104 Å². The van der Waals surface area contributed by atoms with Gasteiger partial charge < -0.3 is 15.7 Å². The second-order valence-corrected chi connectivity index (χ2v) is 5.42. The molecule has 6 heteroatoms. The number of rotatable bonds is 3. The second kappa shape index (κ2) is 5.01. The van der Waals surface area contributed by atoms with Crippen molar-refractivity contribution in [3.8, 4) is 0 Å². The Morgan fingerprint density at radius 2 is 2.47 bits per heavy atom. The minimum Gasteiger partial charge on any atom is -0.396 e. The summed E-state index contributed by atoms with van der Waals surface area (Å²) in [5.41, 5.74) is 6.31. The zero-order valence-corrected chi connectivity index (χ0v) is 10.7. The molecule has 1 amide bonds. The number of aryl methyl sites for hydroxylation is 1. The smallest absolute Gasteiger partial charge is 0.265 e. The Bertz CT molecular complexity index is 419. The van der Waals surface area contributed by atoms with E-state index in [-0.39, 0.29) is 12.5 Å². The summed E-state index contributed by atoms with van der Waals surface area (Å²) in [6.07, 6.45) is 1.74. The van der Waals surface area contributed by atoms with Gasteiger partial charge in [0.1, 0.15) is 4.88 Å². The average Bonchev–Trinajstić information content (AvgIpc) is 2.85. The van der Waals surface area contributed by atoms with Crippen LogP contribution in [-0.2, 0) is 0 Å². The lowest BCUT2D eigenvalue weighted by Gasteiger charge is -2.15. The molecule has 3 N–H and O–H groups in total. The molecule has 2 heterocycles. The third-order valence-electron chi connectivity index (χ3n) is 3.12. The van der Waals surface area contributed by atoms with Crippen LogP contribution >= 0.6 is 11.3 Å². The molecule has 1 atom stereocenters. The highest BCUT2D eigenvalue weighted by atomic mass is 32.1. The summed E-state index contributed by atoms with van der Waals surface area (Å²) in [6, 6.07) is 0. The van der Waals surface area contributed by atoms with E-state index >= 15 is 0 Å². The predicted molar refractivity (Wildman–Crippen MR) is 67.0 cm³/mol. The van der Waals surface area contributed by atoms with Crippen LogP contribution in [0.2, 0.25) is 0 Å². The van der Waals surface area contributed by atoms with Gasteiger partial charge in [-0.2, -0.15) is 0 Å². The van der Waals surface area contributed by atoms with Crippen molar-refractivity contribution in [2.45, 2.75) is 19.8 Å². The van der Waals surface area contributed by atoms with E-state index < -0.39 is 0 Å². The molecule has 17 heavy (non-hydrogen) atoms. The molecular formula is C11H17N3O2S. The third-order valence-corrected chi connectivity index (χ3v) is 4.09. The SMILES string of the molecule is Cc1nc(N)sc1C(=O)N1CCC(CCO)C1. The van der Waals surface area contributed by atoms with Gasteiger partial charge in [0.15, 0.2) is 5.13 Å². The van der Waals surface area contributed by atoms with Gasteiger partial charge in [0.25, 0.3) is 5.91 Å². The fourth-order valence-corrected chi connectivity index (χ4v) is 3.00. The number of likely N-dealkylation sites (tertiary alicyclic amines) is 1. The zero-order valence-electron chi connectivity index (χ0n) is 9.85. The maximum absolute atomic E-state index is 12.2. The molecule has 1 aliphatic heterocycles. The Morgan fingerprint density at radius 1 is 1.71 bits per heavy atom. The van der Waals surface area contributed by atoms with Crippen molar-refractivity contribution in [2.75, 3.05) is 25.4 Å². The van der Waals surface area contributed by atoms with Crippen LogP contribution in [0.25, 0.3) is 0 Å². The Balaban J connectivity index is 2.04. The van der Waals surface area contributed by atoms with Crippen LogP contribution in [0.4, 0.5) is 5.13 Å². The van der Waals surface area contributed by atoms with E-state index in [0.717, 1.165) is 25.9 Å². The summed E-state index contributed by atoms with van der Waals surface area (Å²) in [4.78, 5) is 18.8. The van der Waals surface area contributed by atoms with Crippen molar-refractivity contribution >= 4 is 22.4 Å². The molecule has 1 aliphatic rings. The van der Waals surface area contributed by atoms with Crippen molar-refractivity contribution in [3.63, 3.8) is 0 Å². The molecule has 1 aromatic heterocycles. The van der Waals surface area contributed by atoms with Crippen molar-refractivity contribution in [2.24, 2.45) is 5.92 Å². The molecule has 0 aliphatic carbocycles. The van der Waals surface area contributed by atoms with Crippen molar-refractivity contribution < 1.29 is 9.90 Å². The number of aromatic nitrogens is 1. The lowest BCUT2D eigenvalue weighted by molar-refractivity contribution is 0.0788. The summed E-state index contributed by atoms with van der Waals surface area (Å²) >= 11 is 1.25. The van der Waals surface area contributed by atoms with E-state index in [9.17, 15) is 4.79 Å². The van der Waals surface area contributed by atoms with Crippen LogP contribution in [0.1, 0.15) is 28.2 Å². The van der Waals surface area contributed by atoms with E-state index in [1.165, 1.54) is 11.3 Å². The van der Waals surface area contributed by atoms with Gasteiger partial charge in [-0.1, -0.05) is 11.3 Å². The quantitative estimate of drug-likeness (QED) is 0.840. The van der Waals surface area contributed by atoms with E-state index in [4.69, 9.17) is 10.8 Å². The van der Waals surface area contributed by atoms with Crippen LogP contribution in [0, 0.1) is 12.8 Å². The molecule has 0 saturated carbocycles. The molecule has 2 rings (SSSR count). The Kier molecular flexibility index (Phi) is 3.63. The number of carbonyl (C=O) groups is 1. The summed E-state index contributed by atoms with van der Waals surface area (Å²) < 4.78 is 0. The topological polar surface area (TPSA) is 79.5 Å². The predicted octanol–water partition coefficient (Wildman–Crippen LogP) is 0.878. The Morgan fingerprint density at radius 3 is 3.06 bits per heavy atom. The van der Waals surface area contributed by atoms with Crippen LogP contribution in [-0.4, -0.2) is 40.6 Å². The van der Waals surface area contributed by atoms with E-state index in [1.807, 2.05) is 4.90 Å². The fourth-order valence-electron chi connectivity index (χ4n) is 2.19. The molecule has 1 unspecified atom stereocenters. The number of nitrogen functional groups attached to an aromatic ring is 1. The number of hydrogen-bond acceptors (Lipinski definition) is 5. The minimum absolute atomic E-state index is 0.0251. The molecule has 0 bridgehead atoms. The number of aliphatic hydroxyl groups excluding tert-OH is 1. The normalized spacial score (nSPS) is 19.9. The van der Waals surface area contributed by atoms with E-state index in [0.29, 0.717) is 21.6 Å². The summed E-state index contributed by atoms with van der Waals surface area (Å²) in [6.45, 7) is 3.50. The molecule has 1 aromatic rings. The zero-order chi connectivity index (χ0) is 12.4. The van der Waals surface area contributed by atoms with E-state index in [1.54, 1.807) is 6.92 Å². The number of amides is 1. The number of nitrogens with zero attached hydrogens (tertiary/aromatic N) is 2. The number of anilines is 1. The van der Waals surface area contributed by atoms with Gasteiger partial charge >= 0.3 is 0 Å². The van der Waals surface area contributed by atoms with Gasteiger partial charge in [-0.15, -0.1) is 0 Å². The summed E-state index contributed by atoms with van der Waals surface area (Å²) in [5.74, 6) is 0.451. The molecule has 1 fully saturated rings. The molecule has 0 aromatic carbocycles. The first-order chi connectivity index (χ1) is 8.11. The number of hydrogen-bond donors (Lipinski definition) is 2. The summed E-state index contributed by atoms with van der Waals surface area (Å²) in [5, 5.41) is 9.33. The summed E-state index contributed by atoms with van der Waals surface area (Å²) in [7, 11) is 0. The largest absolute Gasteiger partial charge is 0.396 e. The highest BCUT2D eigenvalue weighted by Gasteiger charge is 2.28. The first-order valence-electron chi connectivity index (χ1n) is 5.75. The lowest BCUT2D eigenvalue weighted by Crippen LogP contribution is -2.28. The van der Waals surface area contributed by atoms with Crippen LogP contribution in [0.5, 0.6) is 0 Å². The van der Waals surface area contributed by atoms with Crippen LogP contribution in [0.15, 0.2) is 0 Å². The van der Waals surface area contributed by atoms with Crippen LogP contribution < -0.4 is 5.73 Å². The lowest BCUT2D eigenvalue weighted by atomic mass is 10.1. The first-order valence-corrected chi connectivity index (χ1v) is 6.56. The monoisotopic (exact) mass is 255 g/mol. The minimum atomic E-state index is 0.0251. The Hall–Kier alpha value is -1.14. The maximum atomic E-state index is 12.2. The van der Waals surface area contributed by atoms with Gasteiger partial charge in [-0.05, 0) is 25.7 Å². The van der Waals surface area contributed by atoms with Gasteiger partial charge in [0, 0.05) is 19.7 Å². The standard InChI is InChI=1S/C11H17N3O2S/c1-7-9(17-11(12)13-7)10(16)14-4-2-8(6-14)3-5-15/h8,15H,2-6H2,1H3,(H2,12,13). The average molecular weight is 255 g/mol. The van der Waals surface area contributed by atoms with Gasteiger partial charge in [0.05, 0.1) is 5.69 Å². The molecular weight excluding hydrogens is 238 g/mol. The third kappa shape index (κ3) is 2.58. The van der Waals surface area contributed by atoms with Gasteiger partial charge in [-0.25, -0.2) is 4.98 Å². The van der Waals surface area contributed by atoms with E-state index in [2.05, 4.69) is 4.98 Å². The number of aliphatic hydroxyl groups is 1. The molecule has 1 saturated heterocycles. The van der Waals surface area contributed by atoms with Crippen LogP contribution in [0.3, 0.4) is 0 Å². The molecule has 0 spiro atoms. The molecule has 0 radical (unpaired) electrons. The van der Waals surface area contributed by atoms with Gasteiger partial charge in [-0.3, -0.25) is 4.79 Å². The van der Waals surface area contributed by atoms with Crippen molar-refractivity contribution in [1.29, 1.82) is 0 Å². The fraction of sp³-hybridized carbons (Fsp3) is 0.636. The second-order valence-electron chi connectivity index (χ2n) is 4.38.